The molecule has 0 aliphatic carbocycles. The molecule has 0 aliphatic rings. The van der Waals surface area contributed by atoms with Crippen molar-refractivity contribution in [2.45, 2.75) is 0 Å². The molecule has 0 N–H and O–H groups in total. The first kappa shape index (κ1) is 17.3. The van der Waals surface area contributed by atoms with Crippen LogP contribution in [-0.2, 0) is 0 Å². The van der Waals surface area contributed by atoms with Crippen LogP contribution in [0.15, 0.2) is 162 Å². The van der Waals surface area contributed by atoms with E-state index in [0.29, 0.717) is 22.3 Å². The first-order valence-electron chi connectivity index (χ1n) is 18.1. The lowest BCUT2D eigenvalue weighted by molar-refractivity contribution is 0.669. The van der Waals surface area contributed by atoms with Gasteiger partial charge in [-0.05, 0) is 90.0 Å². The third kappa shape index (κ3) is 3.72. The van der Waals surface area contributed by atoms with Crippen molar-refractivity contribution < 1.29 is 15.4 Å². The van der Waals surface area contributed by atoms with E-state index in [2.05, 4.69) is 18.2 Å². The number of para-hydroxylation sites is 1. The molecule has 0 amide bonds. The predicted octanol–water partition coefficient (Wildman–Crippen LogP) is 12.0. The fourth-order valence-corrected chi connectivity index (χ4v) is 6.39. The summed E-state index contributed by atoms with van der Waals surface area (Å²) in [5.74, 6) is 0. The molecule has 1 heterocycles. The van der Waals surface area contributed by atoms with Crippen molar-refractivity contribution in [3.05, 3.63) is 158 Å². The molecule has 9 rings (SSSR count). The Kier molecular flexibility index (Phi) is 3.80. The molecule has 200 valence electrons. The van der Waals surface area contributed by atoms with E-state index in [1.54, 1.807) is 24.3 Å². The fraction of sp³-hybridized carbons (Fsp3) is 0. The number of benzene rings is 8. The van der Waals surface area contributed by atoms with Gasteiger partial charge in [0, 0.05) is 10.8 Å². The lowest BCUT2D eigenvalue weighted by atomic mass is 9.85. The number of hydrogen-bond donors (Lipinski definition) is 0. The molecule has 1 heteroatoms. The summed E-state index contributed by atoms with van der Waals surface area (Å²) in [4.78, 5) is 0. The van der Waals surface area contributed by atoms with E-state index in [1.165, 1.54) is 0 Å². The minimum absolute atomic E-state index is 0.201. The van der Waals surface area contributed by atoms with Crippen molar-refractivity contribution in [2.75, 3.05) is 0 Å². The zero-order valence-electron chi connectivity index (χ0n) is 30.8. The second-order valence-corrected chi connectivity index (χ2v) is 10.7. The van der Waals surface area contributed by atoms with Gasteiger partial charge >= 0.3 is 0 Å². The lowest BCUT2D eigenvalue weighted by Gasteiger charge is -2.18. The molecule has 1 aromatic heterocycles. The van der Waals surface area contributed by atoms with Crippen molar-refractivity contribution in [2.24, 2.45) is 0 Å². The molecule has 0 unspecified atom stereocenters. The summed E-state index contributed by atoms with van der Waals surface area (Å²) in [6, 6.07) is 32.1. The maximum atomic E-state index is 9.18. The molecule has 0 fully saturated rings. The van der Waals surface area contributed by atoms with Crippen LogP contribution in [0.5, 0.6) is 0 Å². The molecule has 0 radical (unpaired) electrons. The van der Waals surface area contributed by atoms with Gasteiger partial charge in [0.1, 0.15) is 11.2 Å². The van der Waals surface area contributed by atoms with Gasteiger partial charge in [-0.25, -0.2) is 0 Å². The summed E-state index contributed by atoms with van der Waals surface area (Å²) < 4.78 is 77.3. The molecular formula is C42H26O. The Morgan fingerprint density at radius 3 is 1.67 bits per heavy atom. The molecule has 0 saturated heterocycles. The van der Waals surface area contributed by atoms with Crippen LogP contribution in [0, 0.1) is 0 Å². The van der Waals surface area contributed by atoms with E-state index in [4.69, 9.17) is 12.6 Å². The quantitative estimate of drug-likeness (QED) is 0.198. The molecule has 8 aromatic carbocycles. The maximum Gasteiger partial charge on any atom is 0.136 e. The van der Waals surface area contributed by atoms with Crippen LogP contribution in [-0.4, -0.2) is 0 Å². The Balaban J connectivity index is 1.37. The highest BCUT2D eigenvalue weighted by atomic mass is 16.3. The number of furan rings is 1. The third-order valence-electron chi connectivity index (χ3n) is 8.28. The number of fused-ring (bicyclic) bond motifs is 6. The molecule has 0 spiro atoms. The highest BCUT2D eigenvalue weighted by molar-refractivity contribution is 6.22. The highest BCUT2D eigenvalue weighted by Crippen LogP contribution is 2.44. The summed E-state index contributed by atoms with van der Waals surface area (Å²) in [5.41, 5.74) is 5.48. The average Bonchev–Trinajstić information content (AvgIpc) is 3.55. The Labute approximate surface area is 260 Å². The van der Waals surface area contributed by atoms with E-state index >= 15 is 0 Å². The van der Waals surface area contributed by atoms with Crippen LogP contribution >= 0.6 is 0 Å². The Bertz CT molecular complexity index is 2870. The molecule has 43 heavy (non-hydrogen) atoms. The topological polar surface area (TPSA) is 13.1 Å². The van der Waals surface area contributed by atoms with Crippen molar-refractivity contribution in [3.63, 3.8) is 0 Å². The third-order valence-corrected chi connectivity index (χ3v) is 8.28. The van der Waals surface area contributed by atoms with Gasteiger partial charge in [-0.2, -0.15) is 0 Å². The molecule has 1 nitrogen and oxygen atoms in total. The maximum absolute atomic E-state index is 9.18. The second kappa shape index (κ2) is 9.44. The van der Waals surface area contributed by atoms with Gasteiger partial charge < -0.3 is 4.42 Å². The summed E-state index contributed by atoms with van der Waals surface area (Å²) in [7, 11) is 0. The SMILES string of the molecule is [2H]c1c([2H])c([2H])c2c(-c3ccc4cc(-c5cccc6oc7ccccc7c56)ccc4c3)c3c([2H])c([2H])c([2H])c([2H])c3c(-c3ccccc3)c2c1[2H]. The van der Waals surface area contributed by atoms with Gasteiger partial charge in [0.2, 0.25) is 0 Å². The molecule has 0 bridgehead atoms. The normalized spacial score (nSPS) is 14.3. The minimum Gasteiger partial charge on any atom is -0.456 e. The average molecular weight is 555 g/mol. The van der Waals surface area contributed by atoms with E-state index in [1.807, 2.05) is 66.7 Å². The predicted molar refractivity (Wildman–Crippen MR) is 183 cm³/mol. The monoisotopic (exact) mass is 554 g/mol. The molecule has 9 aromatic rings. The lowest BCUT2D eigenvalue weighted by Crippen LogP contribution is -1.90. The summed E-state index contributed by atoms with van der Waals surface area (Å²) in [5, 5.41) is 4.66. The largest absolute Gasteiger partial charge is 0.456 e. The molecular weight excluding hydrogens is 520 g/mol. The summed E-state index contributed by atoms with van der Waals surface area (Å²) in [6.07, 6.45) is 0. The van der Waals surface area contributed by atoms with E-state index in [0.717, 1.165) is 43.8 Å². The van der Waals surface area contributed by atoms with Gasteiger partial charge in [0.15, 0.2) is 0 Å². The summed E-state index contributed by atoms with van der Waals surface area (Å²) >= 11 is 0. The van der Waals surface area contributed by atoms with Crippen molar-refractivity contribution in [3.8, 4) is 33.4 Å². The highest BCUT2D eigenvalue weighted by Gasteiger charge is 2.17. The standard InChI is InChI=1S/C42H26O/c1-2-11-27(12-3-1)40-33-13-4-6-15-35(33)41(36-16-7-5-14-34(36)40)31-24-22-28-25-30(23-21-29(28)26-31)32-18-10-20-39-42(32)37-17-8-9-19-38(37)43-39/h1-26H/i4D,5D,6D,7D,13D,14D,15D,16D. The number of hydrogen-bond acceptors (Lipinski definition) is 1. The van der Waals surface area contributed by atoms with Crippen molar-refractivity contribution >= 4 is 54.3 Å². The Hall–Kier alpha value is -5.66. The Morgan fingerprint density at radius 2 is 0.977 bits per heavy atom. The van der Waals surface area contributed by atoms with E-state index in [9.17, 15) is 2.74 Å². The minimum atomic E-state index is -0.417. The first-order chi connectivity index (χ1) is 24.7. The molecule has 0 atom stereocenters. The van der Waals surface area contributed by atoms with E-state index < -0.39 is 24.2 Å². The van der Waals surface area contributed by atoms with Crippen LogP contribution < -0.4 is 0 Å². The molecule has 0 saturated carbocycles. The van der Waals surface area contributed by atoms with Gasteiger partial charge in [-0.1, -0.05) is 133 Å². The fourth-order valence-electron chi connectivity index (χ4n) is 6.39. The van der Waals surface area contributed by atoms with Crippen LogP contribution in [0.2, 0.25) is 0 Å². The van der Waals surface area contributed by atoms with Gasteiger partial charge in [0.05, 0.1) is 11.0 Å². The van der Waals surface area contributed by atoms with Gasteiger partial charge in [0.25, 0.3) is 0 Å². The van der Waals surface area contributed by atoms with Gasteiger partial charge in [-0.15, -0.1) is 0 Å². The van der Waals surface area contributed by atoms with E-state index in [-0.39, 0.29) is 45.7 Å². The second-order valence-electron chi connectivity index (χ2n) is 10.7. The molecule has 0 aliphatic heterocycles. The smallest absolute Gasteiger partial charge is 0.136 e. The number of rotatable bonds is 3. The zero-order chi connectivity index (χ0) is 35.3. The zero-order valence-corrected chi connectivity index (χ0v) is 22.8. The van der Waals surface area contributed by atoms with Crippen LogP contribution in [0.3, 0.4) is 0 Å². The Morgan fingerprint density at radius 1 is 0.419 bits per heavy atom. The first-order valence-corrected chi connectivity index (χ1v) is 14.1. The van der Waals surface area contributed by atoms with Gasteiger partial charge in [-0.3, -0.25) is 0 Å². The van der Waals surface area contributed by atoms with Crippen LogP contribution in [0.25, 0.3) is 87.6 Å². The van der Waals surface area contributed by atoms with Crippen LogP contribution in [0.1, 0.15) is 11.0 Å². The van der Waals surface area contributed by atoms with Crippen LogP contribution in [0.4, 0.5) is 0 Å². The van der Waals surface area contributed by atoms with Crippen molar-refractivity contribution in [1.82, 2.24) is 0 Å². The summed E-state index contributed by atoms with van der Waals surface area (Å²) in [6.45, 7) is 0. The van der Waals surface area contributed by atoms with Crippen molar-refractivity contribution in [1.29, 1.82) is 0 Å².